The summed E-state index contributed by atoms with van der Waals surface area (Å²) in [6.45, 7) is 3.62. The van der Waals surface area contributed by atoms with Crippen molar-refractivity contribution in [2.75, 3.05) is 6.54 Å². The summed E-state index contributed by atoms with van der Waals surface area (Å²) in [4.78, 5) is 16.9. The molecule has 2 atom stereocenters. The van der Waals surface area contributed by atoms with Gasteiger partial charge in [0.2, 0.25) is 0 Å². The molecule has 0 aliphatic heterocycles. The standard InChI is InChI=1S/C27H28ClN3O3/c1-19(29-15-4-16-31-18-30-25-6-3-2-5-24(25)27(31)33)26(32)21-9-13-23(14-10-21)34-17-20-7-11-22(28)12-8-20/h2-3,5-14,18-19,26,29,32H,4,15-17H2,1H3. The maximum atomic E-state index is 12.6. The van der Waals surface area contributed by atoms with Gasteiger partial charge in [-0.3, -0.25) is 9.36 Å². The molecule has 4 aromatic rings. The minimum atomic E-state index is -0.657. The molecule has 0 amide bonds. The van der Waals surface area contributed by atoms with E-state index < -0.39 is 6.10 Å². The summed E-state index contributed by atoms with van der Waals surface area (Å²) in [5.41, 5.74) is 2.53. The van der Waals surface area contributed by atoms with Crippen LogP contribution in [-0.4, -0.2) is 27.2 Å². The van der Waals surface area contributed by atoms with Crippen LogP contribution in [-0.2, 0) is 13.2 Å². The monoisotopic (exact) mass is 477 g/mol. The van der Waals surface area contributed by atoms with Crippen LogP contribution in [0.2, 0.25) is 5.02 Å². The van der Waals surface area contributed by atoms with Crippen LogP contribution in [0.4, 0.5) is 0 Å². The number of hydrogen-bond acceptors (Lipinski definition) is 5. The molecule has 0 aliphatic carbocycles. The number of aliphatic hydroxyl groups excluding tert-OH is 1. The summed E-state index contributed by atoms with van der Waals surface area (Å²) in [6.07, 6.45) is 1.68. The van der Waals surface area contributed by atoms with Crippen molar-refractivity contribution < 1.29 is 9.84 Å². The van der Waals surface area contributed by atoms with Crippen LogP contribution in [0.1, 0.15) is 30.6 Å². The second kappa shape index (κ2) is 11.3. The lowest BCUT2D eigenvalue weighted by Crippen LogP contribution is -2.33. The average molecular weight is 478 g/mol. The van der Waals surface area contributed by atoms with Gasteiger partial charge in [-0.15, -0.1) is 0 Å². The fourth-order valence-electron chi connectivity index (χ4n) is 3.75. The van der Waals surface area contributed by atoms with E-state index >= 15 is 0 Å². The minimum absolute atomic E-state index is 0.0305. The van der Waals surface area contributed by atoms with Crippen molar-refractivity contribution in [3.63, 3.8) is 0 Å². The first-order valence-electron chi connectivity index (χ1n) is 11.3. The van der Waals surface area contributed by atoms with Crippen LogP contribution in [0, 0.1) is 0 Å². The predicted octanol–water partition coefficient (Wildman–Crippen LogP) is 4.73. The zero-order valence-electron chi connectivity index (χ0n) is 19.0. The summed E-state index contributed by atoms with van der Waals surface area (Å²) in [7, 11) is 0. The van der Waals surface area contributed by atoms with Crippen LogP contribution >= 0.6 is 11.6 Å². The number of nitrogens with zero attached hydrogens (tertiary/aromatic N) is 2. The van der Waals surface area contributed by atoms with E-state index in [0.29, 0.717) is 35.6 Å². The molecule has 3 aromatic carbocycles. The van der Waals surface area contributed by atoms with Gasteiger partial charge in [-0.05, 0) is 67.4 Å². The van der Waals surface area contributed by atoms with Gasteiger partial charge in [0, 0.05) is 17.6 Å². The van der Waals surface area contributed by atoms with Crippen molar-refractivity contribution in [2.24, 2.45) is 0 Å². The summed E-state index contributed by atoms with van der Waals surface area (Å²) < 4.78 is 7.44. The number of aromatic nitrogens is 2. The van der Waals surface area contributed by atoms with Crippen molar-refractivity contribution in [2.45, 2.75) is 38.6 Å². The first kappa shape index (κ1) is 24.0. The smallest absolute Gasteiger partial charge is 0.261 e. The number of benzene rings is 3. The molecule has 0 fully saturated rings. The van der Waals surface area contributed by atoms with Gasteiger partial charge in [-0.25, -0.2) is 4.98 Å². The van der Waals surface area contributed by atoms with E-state index in [4.69, 9.17) is 16.3 Å². The Morgan fingerprint density at radius 1 is 1.06 bits per heavy atom. The quantitative estimate of drug-likeness (QED) is 0.323. The Labute approximate surface area is 203 Å². The molecule has 4 rings (SSSR count). The molecule has 0 radical (unpaired) electrons. The second-order valence-electron chi connectivity index (χ2n) is 8.29. The molecule has 34 heavy (non-hydrogen) atoms. The highest BCUT2D eigenvalue weighted by atomic mass is 35.5. The van der Waals surface area contributed by atoms with Gasteiger partial charge >= 0.3 is 0 Å². The zero-order valence-corrected chi connectivity index (χ0v) is 19.8. The number of nitrogens with one attached hydrogen (secondary N) is 1. The maximum absolute atomic E-state index is 12.6. The summed E-state index contributed by atoms with van der Waals surface area (Å²) in [6, 6.07) is 22.2. The molecule has 2 N–H and O–H groups in total. The molecule has 2 unspecified atom stereocenters. The lowest BCUT2D eigenvalue weighted by Gasteiger charge is -2.21. The maximum Gasteiger partial charge on any atom is 0.261 e. The lowest BCUT2D eigenvalue weighted by atomic mass is 10.0. The Morgan fingerprint density at radius 2 is 1.79 bits per heavy atom. The van der Waals surface area contributed by atoms with Gasteiger partial charge in [0.25, 0.3) is 5.56 Å². The van der Waals surface area contributed by atoms with E-state index in [-0.39, 0.29) is 11.6 Å². The minimum Gasteiger partial charge on any atom is -0.489 e. The molecule has 0 saturated carbocycles. The molecule has 0 bridgehead atoms. The molecule has 1 aromatic heterocycles. The van der Waals surface area contributed by atoms with Gasteiger partial charge in [0.1, 0.15) is 12.4 Å². The Hall–Kier alpha value is -3.19. The molecule has 6 nitrogen and oxygen atoms in total. The Kier molecular flexibility index (Phi) is 7.95. The first-order valence-corrected chi connectivity index (χ1v) is 11.7. The number of ether oxygens (including phenoxy) is 1. The molecular formula is C27H28ClN3O3. The van der Waals surface area contributed by atoms with Crippen LogP contribution in [0.25, 0.3) is 10.9 Å². The van der Waals surface area contributed by atoms with E-state index in [9.17, 15) is 9.90 Å². The van der Waals surface area contributed by atoms with Crippen molar-refractivity contribution >= 4 is 22.5 Å². The number of halogens is 1. The SMILES string of the molecule is CC(NCCCn1cnc2ccccc2c1=O)C(O)c1ccc(OCc2ccc(Cl)cc2)cc1. The van der Waals surface area contributed by atoms with Gasteiger partial charge in [0.05, 0.1) is 23.3 Å². The van der Waals surface area contributed by atoms with Crippen LogP contribution in [0.3, 0.4) is 0 Å². The fraction of sp³-hybridized carbons (Fsp3) is 0.259. The second-order valence-corrected chi connectivity index (χ2v) is 8.72. The van der Waals surface area contributed by atoms with E-state index in [0.717, 1.165) is 23.3 Å². The van der Waals surface area contributed by atoms with Crippen molar-refractivity contribution in [1.82, 2.24) is 14.9 Å². The van der Waals surface area contributed by atoms with Gasteiger partial charge < -0.3 is 15.2 Å². The fourth-order valence-corrected chi connectivity index (χ4v) is 3.88. The molecule has 0 spiro atoms. The number of hydrogen-bond donors (Lipinski definition) is 2. The van der Waals surface area contributed by atoms with Crippen molar-refractivity contribution in [3.8, 4) is 5.75 Å². The Bertz CT molecular complexity index is 1270. The molecule has 1 heterocycles. The van der Waals surface area contributed by atoms with Crippen LogP contribution < -0.4 is 15.6 Å². The number of fused-ring (bicyclic) bond motifs is 1. The van der Waals surface area contributed by atoms with E-state index in [1.807, 2.05) is 73.7 Å². The topological polar surface area (TPSA) is 76.4 Å². The normalized spacial score (nSPS) is 13.0. The summed E-state index contributed by atoms with van der Waals surface area (Å²) in [5, 5.41) is 15.4. The Balaban J connectivity index is 1.24. The van der Waals surface area contributed by atoms with E-state index in [1.54, 1.807) is 17.0 Å². The summed E-state index contributed by atoms with van der Waals surface area (Å²) in [5.74, 6) is 0.737. The van der Waals surface area contributed by atoms with Crippen LogP contribution in [0.5, 0.6) is 5.75 Å². The van der Waals surface area contributed by atoms with Gasteiger partial charge in [-0.1, -0.05) is 48.0 Å². The third-order valence-corrected chi connectivity index (χ3v) is 6.04. The number of aryl methyl sites for hydroxylation is 1. The van der Waals surface area contributed by atoms with Crippen molar-refractivity contribution in [1.29, 1.82) is 0 Å². The highest BCUT2D eigenvalue weighted by Gasteiger charge is 2.16. The number of para-hydroxylation sites is 1. The molecule has 0 saturated heterocycles. The molecule has 0 aliphatic rings. The third kappa shape index (κ3) is 6.03. The molecular weight excluding hydrogens is 450 g/mol. The molecule has 176 valence electrons. The highest BCUT2D eigenvalue weighted by Crippen LogP contribution is 2.21. The van der Waals surface area contributed by atoms with Crippen molar-refractivity contribution in [3.05, 3.63) is 106 Å². The van der Waals surface area contributed by atoms with E-state index in [2.05, 4.69) is 10.3 Å². The van der Waals surface area contributed by atoms with Gasteiger partial charge in [0.15, 0.2) is 0 Å². The number of aliphatic hydroxyl groups is 1. The first-order chi connectivity index (χ1) is 16.5. The van der Waals surface area contributed by atoms with Crippen LogP contribution in [0.15, 0.2) is 83.9 Å². The molecule has 7 heteroatoms. The number of rotatable bonds is 10. The predicted molar refractivity (Wildman–Crippen MR) is 135 cm³/mol. The largest absolute Gasteiger partial charge is 0.489 e. The summed E-state index contributed by atoms with van der Waals surface area (Å²) >= 11 is 5.91. The van der Waals surface area contributed by atoms with E-state index in [1.165, 1.54) is 0 Å². The average Bonchev–Trinajstić information content (AvgIpc) is 2.87. The lowest BCUT2D eigenvalue weighted by molar-refractivity contribution is 0.135. The third-order valence-electron chi connectivity index (χ3n) is 5.79. The Morgan fingerprint density at radius 3 is 2.56 bits per heavy atom. The highest BCUT2D eigenvalue weighted by molar-refractivity contribution is 6.30. The van der Waals surface area contributed by atoms with Gasteiger partial charge in [-0.2, -0.15) is 0 Å². The zero-order chi connectivity index (χ0) is 23.9.